The molecule has 3 amide bonds. The van der Waals surface area contributed by atoms with Gasteiger partial charge in [0.05, 0.1) is 0 Å². The van der Waals surface area contributed by atoms with E-state index in [1.54, 1.807) is 4.90 Å². The van der Waals surface area contributed by atoms with Gasteiger partial charge in [-0.15, -0.1) is 0 Å². The second-order valence-corrected chi connectivity index (χ2v) is 7.95. The Balaban J connectivity index is 1.36. The zero-order valence-electron chi connectivity index (χ0n) is 14.5. The van der Waals surface area contributed by atoms with Gasteiger partial charge in [-0.3, -0.25) is 24.6 Å². The Labute approximate surface area is 151 Å². The number of carbonyl (C=O) groups is 3. The van der Waals surface area contributed by atoms with Crippen LogP contribution in [0.1, 0.15) is 34.3 Å². The lowest BCUT2D eigenvalue weighted by Gasteiger charge is -2.29. The molecule has 136 valence electrons. The van der Waals surface area contributed by atoms with E-state index in [9.17, 15) is 14.4 Å². The van der Waals surface area contributed by atoms with Gasteiger partial charge in [-0.1, -0.05) is 18.2 Å². The summed E-state index contributed by atoms with van der Waals surface area (Å²) in [5, 5.41) is 2.35. The van der Waals surface area contributed by atoms with E-state index in [1.165, 1.54) is 0 Å². The maximum Gasteiger partial charge on any atom is 0.255 e. The molecule has 4 aliphatic rings. The average molecular weight is 354 g/mol. The zero-order valence-corrected chi connectivity index (χ0v) is 14.5. The molecule has 1 aliphatic carbocycles. The third-order valence-corrected chi connectivity index (χ3v) is 6.37. The first kappa shape index (κ1) is 16.0. The van der Waals surface area contributed by atoms with E-state index in [1.807, 2.05) is 18.2 Å². The largest absolute Gasteiger partial charge is 0.327 e. The Kier molecular flexibility index (Phi) is 3.45. The van der Waals surface area contributed by atoms with Gasteiger partial charge in [-0.2, -0.15) is 0 Å². The molecule has 0 spiro atoms. The molecule has 0 aromatic heterocycles. The lowest BCUT2D eigenvalue weighted by molar-refractivity contribution is -0.136. The Morgan fingerprint density at radius 1 is 1.15 bits per heavy atom. The summed E-state index contributed by atoms with van der Waals surface area (Å²) < 4.78 is 0. The number of nitrogens with two attached hydrogens (primary N) is 1. The standard InChI is InChI=1S/C19H22N4O3/c20-17-12-8-22(9-13(12)17)6-10-2-1-3-11-7-23(19(26)16(10)11)14-4-5-15(24)21-18(14)25/h1-3,12-14,17H,4-9,20H2,(H,21,24,25)/t12-,13+,14?,17?. The van der Waals surface area contributed by atoms with Crippen LogP contribution in [0.25, 0.3) is 0 Å². The first-order chi connectivity index (χ1) is 12.5. The molecule has 1 aromatic rings. The molecule has 4 atom stereocenters. The fourth-order valence-electron chi connectivity index (χ4n) is 4.85. The van der Waals surface area contributed by atoms with Crippen molar-refractivity contribution in [2.45, 2.75) is 38.0 Å². The fourth-order valence-corrected chi connectivity index (χ4v) is 4.85. The molecule has 2 saturated heterocycles. The summed E-state index contributed by atoms with van der Waals surface area (Å²) in [4.78, 5) is 40.6. The van der Waals surface area contributed by atoms with Crippen LogP contribution in [0.15, 0.2) is 18.2 Å². The van der Waals surface area contributed by atoms with E-state index in [4.69, 9.17) is 5.73 Å². The highest BCUT2D eigenvalue weighted by Gasteiger charge is 2.53. The van der Waals surface area contributed by atoms with Crippen molar-refractivity contribution in [2.75, 3.05) is 13.1 Å². The SMILES string of the molecule is NC1[C@H]2CN(Cc3cccc4c3C(=O)N(C3CCC(=O)NC3=O)C4)C[C@@H]12. The van der Waals surface area contributed by atoms with Gasteiger partial charge < -0.3 is 10.6 Å². The summed E-state index contributed by atoms with van der Waals surface area (Å²) in [5.74, 6) is 0.510. The molecule has 3 fully saturated rings. The number of nitrogens with one attached hydrogen (secondary N) is 1. The molecule has 0 bridgehead atoms. The van der Waals surface area contributed by atoms with Crippen molar-refractivity contribution in [1.82, 2.24) is 15.1 Å². The minimum atomic E-state index is -0.558. The molecule has 2 unspecified atom stereocenters. The maximum atomic E-state index is 13.1. The highest BCUT2D eigenvalue weighted by Crippen LogP contribution is 2.44. The summed E-state index contributed by atoms with van der Waals surface area (Å²) >= 11 is 0. The van der Waals surface area contributed by atoms with Crippen LogP contribution in [-0.2, 0) is 22.7 Å². The second kappa shape index (κ2) is 5.62. The van der Waals surface area contributed by atoms with Crippen LogP contribution >= 0.6 is 0 Å². The van der Waals surface area contributed by atoms with Gasteiger partial charge in [0, 0.05) is 44.2 Å². The van der Waals surface area contributed by atoms with E-state index in [-0.39, 0.29) is 24.1 Å². The van der Waals surface area contributed by atoms with Gasteiger partial charge in [-0.05, 0) is 29.4 Å². The van der Waals surface area contributed by atoms with Crippen molar-refractivity contribution in [3.8, 4) is 0 Å². The predicted octanol–water partition coefficient (Wildman–Crippen LogP) is -0.163. The number of benzene rings is 1. The molecule has 7 nitrogen and oxygen atoms in total. The van der Waals surface area contributed by atoms with Gasteiger partial charge in [-0.25, -0.2) is 0 Å². The van der Waals surface area contributed by atoms with Crippen LogP contribution in [0.3, 0.4) is 0 Å². The van der Waals surface area contributed by atoms with Gasteiger partial charge in [0.25, 0.3) is 5.91 Å². The van der Waals surface area contributed by atoms with Crippen LogP contribution in [0.4, 0.5) is 0 Å². The molecule has 1 saturated carbocycles. The van der Waals surface area contributed by atoms with Crippen LogP contribution in [0, 0.1) is 11.8 Å². The number of amides is 3. The number of fused-ring (bicyclic) bond motifs is 2. The number of imide groups is 1. The number of piperidine rings is 2. The van der Waals surface area contributed by atoms with E-state index < -0.39 is 6.04 Å². The van der Waals surface area contributed by atoms with Gasteiger partial charge >= 0.3 is 0 Å². The van der Waals surface area contributed by atoms with Crippen molar-refractivity contribution in [3.63, 3.8) is 0 Å². The fraction of sp³-hybridized carbons (Fsp3) is 0.526. The summed E-state index contributed by atoms with van der Waals surface area (Å²) in [5.41, 5.74) is 8.75. The third kappa shape index (κ3) is 2.38. The molecular weight excluding hydrogens is 332 g/mol. The normalized spacial score (nSPS) is 33.3. The highest BCUT2D eigenvalue weighted by molar-refractivity contribution is 6.05. The van der Waals surface area contributed by atoms with Crippen LogP contribution in [0.2, 0.25) is 0 Å². The van der Waals surface area contributed by atoms with Gasteiger partial charge in [0.2, 0.25) is 11.8 Å². The van der Waals surface area contributed by atoms with Crippen molar-refractivity contribution in [1.29, 1.82) is 0 Å². The van der Waals surface area contributed by atoms with Crippen LogP contribution in [-0.4, -0.2) is 52.7 Å². The molecular formula is C19H22N4O3. The van der Waals surface area contributed by atoms with E-state index in [0.717, 1.165) is 36.3 Å². The molecule has 1 aromatic carbocycles. The topological polar surface area (TPSA) is 95.7 Å². The molecule has 7 heteroatoms. The Hall–Kier alpha value is -2.25. The average Bonchev–Trinajstić information content (AvgIpc) is 2.97. The molecule has 0 radical (unpaired) electrons. The number of carbonyl (C=O) groups excluding carboxylic acids is 3. The first-order valence-electron chi connectivity index (χ1n) is 9.26. The molecule has 3 heterocycles. The number of hydrogen-bond donors (Lipinski definition) is 2. The quantitative estimate of drug-likeness (QED) is 0.735. The van der Waals surface area contributed by atoms with Crippen molar-refractivity contribution < 1.29 is 14.4 Å². The lowest BCUT2D eigenvalue weighted by Crippen LogP contribution is -2.52. The number of nitrogens with zero attached hydrogens (tertiary/aromatic N) is 2. The monoisotopic (exact) mass is 354 g/mol. The van der Waals surface area contributed by atoms with Crippen LogP contribution < -0.4 is 11.1 Å². The van der Waals surface area contributed by atoms with E-state index in [2.05, 4.69) is 10.2 Å². The summed E-state index contributed by atoms with van der Waals surface area (Å²) in [6.07, 6.45) is 0.674. The molecule has 3 N–H and O–H groups in total. The third-order valence-electron chi connectivity index (χ3n) is 6.37. The molecule has 3 aliphatic heterocycles. The molecule has 26 heavy (non-hydrogen) atoms. The smallest absolute Gasteiger partial charge is 0.255 e. The Morgan fingerprint density at radius 2 is 1.92 bits per heavy atom. The second-order valence-electron chi connectivity index (χ2n) is 7.95. The minimum Gasteiger partial charge on any atom is -0.327 e. The first-order valence-corrected chi connectivity index (χ1v) is 9.26. The van der Waals surface area contributed by atoms with E-state index >= 15 is 0 Å². The van der Waals surface area contributed by atoms with Crippen LogP contribution in [0.5, 0.6) is 0 Å². The zero-order chi connectivity index (χ0) is 18.0. The van der Waals surface area contributed by atoms with Gasteiger partial charge in [0.15, 0.2) is 0 Å². The Bertz CT molecular complexity index is 811. The maximum absolute atomic E-state index is 13.1. The van der Waals surface area contributed by atoms with Crippen molar-refractivity contribution >= 4 is 17.7 Å². The highest BCUT2D eigenvalue weighted by atomic mass is 16.2. The van der Waals surface area contributed by atoms with Crippen molar-refractivity contribution in [3.05, 3.63) is 34.9 Å². The summed E-state index contributed by atoms with van der Waals surface area (Å²) in [6, 6.07) is 5.75. The molecule has 5 rings (SSSR count). The number of likely N-dealkylation sites (tertiary alicyclic amines) is 1. The number of hydrogen-bond acceptors (Lipinski definition) is 5. The van der Waals surface area contributed by atoms with Gasteiger partial charge in [0.1, 0.15) is 6.04 Å². The minimum absolute atomic E-state index is 0.0915. The van der Waals surface area contributed by atoms with E-state index in [0.29, 0.717) is 30.8 Å². The Morgan fingerprint density at radius 3 is 2.65 bits per heavy atom. The van der Waals surface area contributed by atoms with Crippen molar-refractivity contribution in [2.24, 2.45) is 17.6 Å². The predicted molar refractivity (Wildman–Crippen MR) is 92.7 cm³/mol. The summed E-state index contributed by atoms with van der Waals surface area (Å²) in [6.45, 7) is 3.18. The number of rotatable bonds is 3. The lowest BCUT2D eigenvalue weighted by atomic mass is 10.0. The summed E-state index contributed by atoms with van der Waals surface area (Å²) in [7, 11) is 0.